The molecule has 1 aromatic rings. The number of allylic oxidation sites excluding steroid dienone is 1. The lowest BCUT2D eigenvalue weighted by Crippen LogP contribution is -2.30. The van der Waals surface area contributed by atoms with Gasteiger partial charge in [-0.2, -0.15) is 0 Å². The van der Waals surface area contributed by atoms with Gasteiger partial charge in [-0.3, -0.25) is 0 Å². The van der Waals surface area contributed by atoms with E-state index in [4.69, 9.17) is 9.84 Å². The summed E-state index contributed by atoms with van der Waals surface area (Å²) < 4.78 is 5.72. The summed E-state index contributed by atoms with van der Waals surface area (Å²) in [5.41, 5.74) is 0.898. The number of ether oxygens (including phenoxy) is 1. The Morgan fingerprint density at radius 2 is 1.73 bits per heavy atom. The normalized spacial score (nSPS) is 11.2. The molecule has 0 aliphatic rings. The zero-order valence-corrected chi connectivity index (χ0v) is 20.9. The molecule has 0 aliphatic carbocycles. The zero-order valence-electron chi connectivity index (χ0n) is 20.9. The van der Waals surface area contributed by atoms with Crippen LogP contribution in [0.15, 0.2) is 62.2 Å². The van der Waals surface area contributed by atoms with Crippen LogP contribution in [0.2, 0.25) is 0 Å². The van der Waals surface area contributed by atoms with Crippen molar-refractivity contribution in [3.8, 4) is 11.8 Å². The SMILES string of the molecule is C=C.C=CCC#CCCC(CCCCCCC)OC(C)(C)O.O=C(O)/C=C/c1ccccc1. The third kappa shape index (κ3) is 25.5. The molecule has 184 valence electrons. The van der Waals surface area contributed by atoms with Gasteiger partial charge >= 0.3 is 5.97 Å². The Balaban J connectivity index is 0. The highest BCUT2D eigenvalue weighted by molar-refractivity contribution is 5.85. The second-order valence-corrected chi connectivity index (χ2v) is 7.86. The van der Waals surface area contributed by atoms with Crippen LogP contribution in [0.5, 0.6) is 0 Å². The van der Waals surface area contributed by atoms with Crippen LogP contribution in [-0.4, -0.2) is 28.1 Å². The first-order chi connectivity index (χ1) is 15.8. The minimum atomic E-state index is -1.05. The van der Waals surface area contributed by atoms with Crippen LogP contribution in [0.1, 0.15) is 84.1 Å². The maximum atomic E-state index is 10.1. The first-order valence-electron chi connectivity index (χ1n) is 11.7. The average molecular weight is 457 g/mol. The van der Waals surface area contributed by atoms with Gasteiger partial charge in [-0.15, -0.1) is 25.7 Å². The van der Waals surface area contributed by atoms with Gasteiger partial charge in [0.1, 0.15) is 0 Å². The van der Waals surface area contributed by atoms with E-state index >= 15 is 0 Å². The first kappa shape index (κ1) is 32.6. The molecular weight excluding hydrogens is 412 g/mol. The zero-order chi connectivity index (χ0) is 25.4. The van der Waals surface area contributed by atoms with E-state index in [9.17, 15) is 9.90 Å². The van der Waals surface area contributed by atoms with Crippen molar-refractivity contribution in [2.24, 2.45) is 0 Å². The van der Waals surface area contributed by atoms with E-state index in [0.29, 0.717) is 0 Å². The molecule has 0 amide bonds. The van der Waals surface area contributed by atoms with E-state index in [2.05, 4.69) is 38.5 Å². The maximum absolute atomic E-state index is 10.1. The van der Waals surface area contributed by atoms with Gasteiger partial charge in [-0.25, -0.2) is 4.79 Å². The number of hydrogen-bond acceptors (Lipinski definition) is 3. The molecule has 0 saturated heterocycles. The fourth-order valence-electron chi connectivity index (χ4n) is 2.84. The molecule has 0 radical (unpaired) electrons. The molecule has 0 spiro atoms. The lowest BCUT2D eigenvalue weighted by atomic mass is 10.0. The molecule has 0 bridgehead atoms. The van der Waals surface area contributed by atoms with Gasteiger partial charge in [0.2, 0.25) is 0 Å². The Bertz CT molecular complexity index is 690. The van der Waals surface area contributed by atoms with Crippen molar-refractivity contribution >= 4 is 12.0 Å². The summed E-state index contributed by atoms with van der Waals surface area (Å²) in [7, 11) is 0. The number of carbonyl (C=O) groups is 1. The van der Waals surface area contributed by atoms with Crippen LogP contribution in [0, 0.1) is 11.8 Å². The molecule has 1 atom stereocenters. The Hall–Kier alpha value is -2.61. The van der Waals surface area contributed by atoms with E-state index in [1.54, 1.807) is 19.9 Å². The molecule has 0 aromatic heterocycles. The van der Waals surface area contributed by atoms with Crippen molar-refractivity contribution in [2.75, 3.05) is 0 Å². The van der Waals surface area contributed by atoms with E-state index in [-0.39, 0.29) is 6.10 Å². The topological polar surface area (TPSA) is 66.8 Å². The molecule has 1 unspecified atom stereocenters. The van der Waals surface area contributed by atoms with Gasteiger partial charge in [0.15, 0.2) is 5.79 Å². The van der Waals surface area contributed by atoms with Crippen LogP contribution >= 0.6 is 0 Å². The lowest BCUT2D eigenvalue weighted by Gasteiger charge is -2.26. The maximum Gasteiger partial charge on any atom is 0.328 e. The summed E-state index contributed by atoms with van der Waals surface area (Å²) in [4.78, 5) is 10.1. The summed E-state index contributed by atoms with van der Waals surface area (Å²) in [6, 6.07) is 9.31. The number of aliphatic hydroxyl groups is 1. The number of benzene rings is 1. The summed E-state index contributed by atoms with van der Waals surface area (Å²) in [6.45, 7) is 15.3. The second kappa shape index (κ2) is 22.6. The van der Waals surface area contributed by atoms with Crippen LogP contribution < -0.4 is 0 Å². The van der Waals surface area contributed by atoms with Crippen LogP contribution in [-0.2, 0) is 9.53 Å². The Morgan fingerprint density at radius 1 is 1.09 bits per heavy atom. The lowest BCUT2D eigenvalue weighted by molar-refractivity contribution is -0.207. The van der Waals surface area contributed by atoms with E-state index in [0.717, 1.165) is 37.3 Å². The quantitative estimate of drug-likeness (QED) is 0.107. The van der Waals surface area contributed by atoms with E-state index in [1.165, 1.54) is 32.1 Å². The molecule has 0 heterocycles. The molecule has 0 fully saturated rings. The van der Waals surface area contributed by atoms with Crippen LogP contribution in [0.4, 0.5) is 0 Å². The minimum Gasteiger partial charge on any atom is -0.478 e. The molecule has 0 aliphatic heterocycles. The largest absolute Gasteiger partial charge is 0.478 e. The Morgan fingerprint density at radius 3 is 2.27 bits per heavy atom. The molecule has 0 saturated carbocycles. The Labute approximate surface area is 202 Å². The van der Waals surface area contributed by atoms with Gasteiger partial charge in [0.05, 0.1) is 6.10 Å². The Kier molecular flexibility index (Phi) is 22.3. The number of rotatable bonds is 13. The molecule has 4 nitrogen and oxygen atoms in total. The van der Waals surface area contributed by atoms with E-state index in [1.807, 2.05) is 36.4 Å². The first-order valence-corrected chi connectivity index (χ1v) is 11.7. The second-order valence-electron chi connectivity index (χ2n) is 7.86. The summed E-state index contributed by atoms with van der Waals surface area (Å²) in [5.74, 6) is 4.21. The molecule has 33 heavy (non-hydrogen) atoms. The number of aliphatic carboxylic acids is 1. The molecular formula is C29H44O4. The van der Waals surface area contributed by atoms with Crippen molar-refractivity contribution in [1.82, 2.24) is 0 Å². The van der Waals surface area contributed by atoms with Gasteiger partial charge in [-0.1, -0.05) is 81.4 Å². The van der Waals surface area contributed by atoms with Crippen molar-refractivity contribution in [2.45, 2.75) is 90.4 Å². The van der Waals surface area contributed by atoms with Crippen molar-refractivity contribution in [3.05, 3.63) is 67.8 Å². The van der Waals surface area contributed by atoms with Crippen LogP contribution in [0.25, 0.3) is 6.08 Å². The highest BCUT2D eigenvalue weighted by atomic mass is 16.6. The monoisotopic (exact) mass is 456 g/mol. The predicted octanol–water partition coefficient (Wildman–Crippen LogP) is 7.41. The number of carboxylic acid groups (broad SMARTS) is 1. The van der Waals surface area contributed by atoms with Crippen molar-refractivity contribution in [1.29, 1.82) is 0 Å². The summed E-state index contributed by atoms with van der Waals surface area (Å²) in [5, 5.41) is 18.1. The van der Waals surface area contributed by atoms with Crippen molar-refractivity contribution in [3.63, 3.8) is 0 Å². The number of unbranched alkanes of at least 4 members (excludes halogenated alkanes) is 4. The standard InChI is InChI=1S/C18H32O2.C9H8O2.C2H4/c1-5-7-9-11-13-15-17(20-18(3,4)19)16-14-12-10-8-6-2;10-9(11)7-6-8-4-2-1-3-5-8;1-2/h5,17,19H,1,6-8,10,12-16H2,2-4H3;1-7H,(H,10,11);1-2H2/b;7-6+;. The van der Waals surface area contributed by atoms with Gasteiger partial charge in [-0.05, 0) is 38.3 Å². The third-order valence-corrected chi connectivity index (χ3v) is 4.27. The highest BCUT2D eigenvalue weighted by Gasteiger charge is 2.19. The summed E-state index contributed by atoms with van der Waals surface area (Å²) >= 11 is 0. The fraction of sp³-hybridized carbons (Fsp3) is 0.483. The summed E-state index contributed by atoms with van der Waals surface area (Å²) in [6.07, 6.45) is 14.4. The van der Waals surface area contributed by atoms with E-state index < -0.39 is 11.8 Å². The third-order valence-electron chi connectivity index (χ3n) is 4.27. The molecule has 1 aromatic carbocycles. The fourth-order valence-corrected chi connectivity index (χ4v) is 2.84. The van der Waals surface area contributed by atoms with Crippen LogP contribution in [0.3, 0.4) is 0 Å². The average Bonchev–Trinajstić information content (AvgIpc) is 2.79. The van der Waals surface area contributed by atoms with Gasteiger partial charge in [0.25, 0.3) is 0 Å². The number of hydrogen-bond donors (Lipinski definition) is 2. The molecule has 4 heteroatoms. The predicted molar refractivity (Wildman–Crippen MR) is 141 cm³/mol. The molecule has 2 N–H and O–H groups in total. The molecule has 1 rings (SSSR count). The smallest absolute Gasteiger partial charge is 0.328 e. The minimum absolute atomic E-state index is 0.106. The van der Waals surface area contributed by atoms with Crippen molar-refractivity contribution < 1.29 is 19.7 Å². The van der Waals surface area contributed by atoms with Gasteiger partial charge < -0.3 is 14.9 Å². The highest BCUT2D eigenvalue weighted by Crippen LogP contribution is 2.18. The van der Waals surface area contributed by atoms with Gasteiger partial charge in [0, 0.05) is 18.9 Å². The number of carboxylic acids is 1.